The van der Waals surface area contributed by atoms with E-state index in [2.05, 4.69) is 0 Å². The summed E-state index contributed by atoms with van der Waals surface area (Å²) in [5.41, 5.74) is 0. The third kappa shape index (κ3) is 2.96. The molecule has 0 spiro atoms. The second-order valence-electron chi connectivity index (χ2n) is 6.09. The number of ether oxygens (including phenoxy) is 3. The van der Waals surface area contributed by atoms with Crippen molar-refractivity contribution in [3.8, 4) is 0 Å². The lowest BCUT2D eigenvalue weighted by atomic mass is 9.82. The van der Waals surface area contributed by atoms with Crippen molar-refractivity contribution < 1.29 is 49.6 Å². The smallest absolute Gasteiger partial charge is 0.312 e. The molecule has 0 aromatic heterocycles. The largest absolute Gasteiger partial charge is 0.481 e. The molecule has 4 unspecified atom stereocenters. The average molecular weight is 336 g/mol. The summed E-state index contributed by atoms with van der Waals surface area (Å²) in [5, 5.41) is 57.8. The Morgan fingerprint density at radius 3 is 2.35 bits per heavy atom. The number of aliphatic hydroxyl groups is 5. The molecule has 23 heavy (non-hydrogen) atoms. The Hall–Kier alpha value is -0.850. The van der Waals surface area contributed by atoms with Crippen molar-refractivity contribution in [2.75, 3.05) is 6.61 Å². The molecule has 10 nitrogen and oxygen atoms in total. The number of carboxylic acid groups (broad SMARTS) is 1. The van der Waals surface area contributed by atoms with Gasteiger partial charge in [-0.2, -0.15) is 0 Å². The lowest BCUT2D eigenvalue weighted by Gasteiger charge is -2.40. The molecule has 1 aliphatic carbocycles. The first kappa shape index (κ1) is 17.0. The summed E-state index contributed by atoms with van der Waals surface area (Å²) < 4.78 is 15.8. The van der Waals surface area contributed by atoms with Gasteiger partial charge in [0.05, 0.1) is 12.7 Å². The summed E-state index contributed by atoms with van der Waals surface area (Å²) in [6.45, 7) is -0.565. The van der Waals surface area contributed by atoms with Gasteiger partial charge >= 0.3 is 5.97 Å². The third-order valence-corrected chi connectivity index (χ3v) is 4.60. The average Bonchev–Trinajstić information content (AvgIpc) is 3.27. The van der Waals surface area contributed by atoms with Crippen molar-refractivity contribution in [1.29, 1.82) is 0 Å². The van der Waals surface area contributed by atoms with Crippen molar-refractivity contribution >= 4 is 5.97 Å². The molecule has 3 aliphatic rings. The van der Waals surface area contributed by atoms with E-state index < -0.39 is 73.6 Å². The third-order valence-electron chi connectivity index (χ3n) is 4.60. The first-order chi connectivity index (χ1) is 10.8. The van der Waals surface area contributed by atoms with Gasteiger partial charge in [-0.25, -0.2) is 0 Å². The Morgan fingerprint density at radius 2 is 1.74 bits per heavy atom. The van der Waals surface area contributed by atoms with Crippen LogP contribution in [0.1, 0.15) is 6.42 Å². The van der Waals surface area contributed by atoms with Crippen LogP contribution < -0.4 is 0 Å². The van der Waals surface area contributed by atoms with Crippen LogP contribution in [0.15, 0.2) is 0 Å². The Kier molecular flexibility index (Phi) is 4.60. The molecule has 10 atom stereocenters. The molecule has 3 rings (SSSR count). The van der Waals surface area contributed by atoms with E-state index in [-0.39, 0.29) is 6.42 Å². The van der Waals surface area contributed by atoms with Crippen LogP contribution in [-0.2, 0) is 19.0 Å². The quantitative estimate of drug-likeness (QED) is 0.282. The van der Waals surface area contributed by atoms with Crippen LogP contribution in [0.2, 0.25) is 0 Å². The highest BCUT2D eigenvalue weighted by molar-refractivity contribution is 5.72. The van der Waals surface area contributed by atoms with Gasteiger partial charge in [0.1, 0.15) is 48.6 Å². The van der Waals surface area contributed by atoms with E-state index in [1.807, 2.05) is 0 Å². The highest BCUT2D eigenvalue weighted by Gasteiger charge is 2.63. The topological polar surface area (TPSA) is 169 Å². The standard InChI is InChI=1S/C13H20O10/c14-2-4-7(16)3(15)1-5(21-4)22-10-6(13(19)20)11-12(23-11)9(18)8(10)17/h3-12,14-18H,1-2H2,(H,19,20)/t3-,4?,5-,6?,7+,8-,9?,10-,11?,12+/m1/s1. The molecule has 0 bridgehead atoms. The van der Waals surface area contributed by atoms with Gasteiger partial charge in [-0.05, 0) is 0 Å². The monoisotopic (exact) mass is 336 g/mol. The Morgan fingerprint density at radius 1 is 1.04 bits per heavy atom. The summed E-state index contributed by atoms with van der Waals surface area (Å²) in [5.74, 6) is -2.44. The molecule has 1 saturated carbocycles. The Bertz CT molecular complexity index is 458. The van der Waals surface area contributed by atoms with Crippen LogP contribution in [0.3, 0.4) is 0 Å². The van der Waals surface area contributed by atoms with Gasteiger partial charge in [-0.3, -0.25) is 4.79 Å². The van der Waals surface area contributed by atoms with Crippen LogP contribution in [-0.4, -0.2) is 98.3 Å². The minimum atomic E-state index is -1.50. The molecular weight excluding hydrogens is 316 g/mol. The highest BCUT2D eigenvalue weighted by atomic mass is 16.7. The number of hydrogen-bond donors (Lipinski definition) is 6. The molecular formula is C13H20O10. The van der Waals surface area contributed by atoms with Crippen LogP contribution in [0.25, 0.3) is 0 Å². The van der Waals surface area contributed by atoms with Crippen molar-refractivity contribution in [3.63, 3.8) is 0 Å². The number of carbonyl (C=O) groups is 1. The Balaban J connectivity index is 1.73. The first-order valence-corrected chi connectivity index (χ1v) is 7.37. The lowest BCUT2D eigenvalue weighted by molar-refractivity contribution is -0.288. The fourth-order valence-corrected chi connectivity index (χ4v) is 3.26. The maximum Gasteiger partial charge on any atom is 0.312 e. The molecule has 0 aromatic carbocycles. The SMILES string of the molecule is O=C(O)C1C2O[C@H]2C(O)[C@@H](O)[C@@H]1O[C@@H]1C[C@@H](O)[C@H](O)C(CO)O1. The predicted molar refractivity (Wildman–Crippen MR) is 69.1 cm³/mol. The molecule has 6 N–H and O–H groups in total. The molecule has 2 aliphatic heterocycles. The molecule has 0 aromatic rings. The summed E-state index contributed by atoms with van der Waals surface area (Å²) >= 11 is 0. The van der Waals surface area contributed by atoms with Crippen molar-refractivity contribution in [1.82, 2.24) is 0 Å². The fourth-order valence-electron chi connectivity index (χ4n) is 3.26. The number of aliphatic carboxylic acids is 1. The van der Waals surface area contributed by atoms with E-state index >= 15 is 0 Å². The normalized spacial score (nSPS) is 52.7. The van der Waals surface area contributed by atoms with Crippen molar-refractivity contribution in [2.45, 2.75) is 61.5 Å². The predicted octanol–water partition coefficient (Wildman–Crippen LogP) is -3.60. The van der Waals surface area contributed by atoms with Crippen LogP contribution in [0.5, 0.6) is 0 Å². The molecule has 132 valence electrons. The van der Waals surface area contributed by atoms with Gasteiger partial charge in [0.25, 0.3) is 0 Å². The van der Waals surface area contributed by atoms with Gasteiger partial charge < -0.3 is 44.8 Å². The maximum atomic E-state index is 11.4. The van der Waals surface area contributed by atoms with E-state index in [1.165, 1.54) is 0 Å². The molecule has 2 saturated heterocycles. The van der Waals surface area contributed by atoms with E-state index in [4.69, 9.17) is 19.3 Å². The summed E-state index contributed by atoms with van der Waals surface area (Å²) in [7, 11) is 0. The zero-order valence-electron chi connectivity index (χ0n) is 12.0. The summed E-state index contributed by atoms with van der Waals surface area (Å²) in [6.07, 6.45) is -10.5. The van der Waals surface area contributed by atoms with Crippen molar-refractivity contribution in [3.05, 3.63) is 0 Å². The zero-order valence-corrected chi connectivity index (χ0v) is 12.0. The fraction of sp³-hybridized carbons (Fsp3) is 0.923. The van der Waals surface area contributed by atoms with E-state index in [0.29, 0.717) is 0 Å². The lowest BCUT2D eigenvalue weighted by Crippen LogP contribution is -2.58. The minimum Gasteiger partial charge on any atom is -0.481 e. The van der Waals surface area contributed by atoms with Gasteiger partial charge in [0.15, 0.2) is 6.29 Å². The van der Waals surface area contributed by atoms with Gasteiger partial charge in [-0.1, -0.05) is 0 Å². The van der Waals surface area contributed by atoms with Gasteiger partial charge in [0, 0.05) is 6.42 Å². The van der Waals surface area contributed by atoms with Gasteiger partial charge in [-0.15, -0.1) is 0 Å². The Labute approximate surface area is 130 Å². The molecule has 0 amide bonds. The second-order valence-corrected chi connectivity index (χ2v) is 6.09. The number of rotatable bonds is 4. The highest BCUT2D eigenvalue weighted by Crippen LogP contribution is 2.43. The first-order valence-electron chi connectivity index (χ1n) is 7.37. The summed E-state index contributed by atoms with van der Waals surface area (Å²) in [6, 6.07) is 0. The van der Waals surface area contributed by atoms with Crippen molar-refractivity contribution in [2.24, 2.45) is 5.92 Å². The number of epoxide rings is 1. The molecule has 0 radical (unpaired) electrons. The van der Waals surface area contributed by atoms with E-state index in [1.54, 1.807) is 0 Å². The van der Waals surface area contributed by atoms with Crippen LogP contribution in [0, 0.1) is 5.92 Å². The second kappa shape index (κ2) is 6.22. The minimum absolute atomic E-state index is 0.168. The maximum absolute atomic E-state index is 11.4. The van der Waals surface area contributed by atoms with Crippen LogP contribution in [0.4, 0.5) is 0 Å². The number of aliphatic hydroxyl groups excluding tert-OH is 5. The van der Waals surface area contributed by atoms with E-state index in [9.17, 15) is 30.3 Å². The molecule has 2 heterocycles. The number of carboxylic acids is 1. The number of hydrogen-bond acceptors (Lipinski definition) is 9. The van der Waals surface area contributed by atoms with E-state index in [0.717, 1.165) is 0 Å². The molecule has 3 fully saturated rings. The van der Waals surface area contributed by atoms with Gasteiger partial charge in [0.2, 0.25) is 0 Å². The number of fused-ring (bicyclic) bond motifs is 1. The van der Waals surface area contributed by atoms with Crippen LogP contribution >= 0.6 is 0 Å². The zero-order chi connectivity index (χ0) is 16.9. The summed E-state index contributed by atoms with van der Waals surface area (Å²) in [4.78, 5) is 11.4. The molecule has 10 heteroatoms.